The summed E-state index contributed by atoms with van der Waals surface area (Å²) in [5, 5.41) is 0.703. The first-order chi connectivity index (χ1) is 8.65. The zero-order valence-corrected chi connectivity index (χ0v) is 11.6. The summed E-state index contributed by atoms with van der Waals surface area (Å²) in [6, 6.07) is 15.0. The number of halogens is 2. The summed E-state index contributed by atoms with van der Waals surface area (Å²) in [7, 11) is 0. The average Bonchev–Trinajstić information content (AvgIpc) is 2.38. The summed E-state index contributed by atoms with van der Waals surface area (Å²) < 4.78 is 14.0. The van der Waals surface area contributed by atoms with Gasteiger partial charge in [0.1, 0.15) is 6.17 Å². The molecular formula is C15H14ClFS. The number of alkyl halides is 1. The molecule has 0 aliphatic rings. The Morgan fingerprint density at radius 2 is 1.67 bits per heavy atom. The maximum atomic E-state index is 14.0. The van der Waals surface area contributed by atoms with Crippen LogP contribution in [0.2, 0.25) is 5.02 Å². The highest BCUT2D eigenvalue weighted by Gasteiger charge is 2.09. The van der Waals surface area contributed by atoms with Gasteiger partial charge in [0.2, 0.25) is 0 Å². The van der Waals surface area contributed by atoms with Crippen LogP contribution in [0.3, 0.4) is 0 Å². The van der Waals surface area contributed by atoms with E-state index in [9.17, 15) is 4.39 Å². The van der Waals surface area contributed by atoms with Gasteiger partial charge in [-0.05, 0) is 36.8 Å². The van der Waals surface area contributed by atoms with Crippen LogP contribution >= 0.6 is 23.4 Å². The first-order valence-electron chi connectivity index (χ1n) is 5.74. The van der Waals surface area contributed by atoms with Crippen molar-refractivity contribution >= 4 is 23.4 Å². The zero-order valence-electron chi connectivity index (χ0n) is 10.1. The molecule has 18 heavy (non-hydrogen) atoms. The zero-order chi connectivity index (χ0) is 13.0. The molecule has 94 valence electrons. The van der Waals surface area contributed by atoms with Gasteiger partial charge >= 0.3 is 0 Å². The van der Waals surface area contributed by atoms with Gasteiger partial charge in [0.25, 0.3) is 0 Å². The summed E-state index contributed by atoms with van der Waals surface area (Å²) in [6.45, 7) is 2.00. The van der Waals surface area contributed by atoms with E-state index in [1.165, 1.54) is 11.8 Å². The molecule has 1 unspecified atom stereocenters. The van der Waals surface area contributed by atoms with Gasteiger partial charge in [0.15, 0.2) is 0 Å². The normalized spacial score (nSPS) is 12.4. The van der Waals surface area contributed by atoms with Crippen molar-refractivity contribution in [2.75, 3.05) is 5.75 Å². The minimum atomic E-state index is -0.939. The molecule has 2 aromatic rings. The summed E-state index contributed by atoms with van der Waals surface area (Å²) in [6.07, 6.45) is -0.939. The van der Waals surface area contributed by atoms with Crippen molar-refractivity contribution < 1.29 is 4.39 Å². The smallest absolute Gasteiger partial charge is 0.134 e. The fourth-order valence-electron chi connectivity index (χ4n) is 1.57. The Labute approximate surface area is 116 Å². The monoisotopic (exact) mass is 280 g/mol. The minimum absolute atomic E-state index is 0.421. The van der Waals surface area contributed by atoms with Gasteiger partial charge in [-0.2, -0.15) is 0 Å². The molecule has 0 aromatic heterocycles. The van der Waals surface area contributed by atoms with Gasteiger partial charge in [-0.3, -0.25) is 0 Å². The lowest BCUT2D eigenvalue weighted by Crippen LogP contribution is -1.95. The van der Waals surface area contributed by atoms with Crippen LogP contribution in [0.15, 0.2) is 53.4 Å². The second-order valence-electron chi connectivity index (χ2n) is 4.14. The first-order valence-corrected chi connectivity index (χ1v) is 7.10. The fourth-order valence-corrected chi connectivity index (χ4v) is 2.56. The van der Waals surface area contributed by atoms with Crippen molar-refractivity contribution in [3.8, 4) is 0 Å². The Morgan fingerprint density at radius 1 is 1.06 bits per heavy atom. The topological polar surface area (TPSA) is 0 Å². The number of rotatable bonds is 4. The molecule has 0 nitrogen and oxygen atoms in total. The highest BCUT2D eigenvalue weighted by molar-refractivity contribution is 7.99. The van der Waals surface area contributed by atoms with Gasteiger partial charge in [-0.25, -0.2) is 4.39 Å². The largest absolute Gasteiger partial charge is 0.241 e. The van der Waals surface area contributed by atoms with Gasteiger partial charge in [-0.15, -0.1) is 11.8 Å². The molecule has 0 amide bonds. The lowest BCUT2D eigenvalue weighted by molar-refractivity contribution is 0.380. The van der Waals surface area contributed by atoms with Crippen molar-refractivity contribution in [2.24, 2.45) is 0 Å². The van der Waals surface area contributed by atoms with Crippen LogP contribution < -0.4 is 0 Å². The van der Waals surface area contributed by atoms with Gasteiger partial charge < -0.3 is 0 Å². The van der Waals surface area contributed by atoms with E-state index in [2.05, 4.69) is 0 Å². The number of aryl methyl sites for hydroxylation is 1. The van der Waals surface area contributed by atoms with Crippen LogP contribution in [0.25, 0.3) is 0 Å². The third kappa shape index (κ3) is 3.76. The van der Waals surface area contributed by atoms with E-state index in [-0.39, 0.29) is 0 Å². The second-order valence-corrected chi connectivity index (χ2v) is 5.67. The Hall–Kier alpha value is -0.990. The van der Waals surface area contributed by atoms with E-state index in [0.717, 1.165) is 16.0 Å². The molecule has 3 heteroatoms. The second kappa shape index (κ2) is 6.26. The standard InChI is InChI=1S/C15H14ClFS/c1-11-2-4-12(5-3-11)15(17)10-18-14-8-6-13(16)7-9-14/h2-9,15H,10H2,1H3. The minimum Gasteiger partial charge on any atom is -0.241 e. The predicted octanol–water partition coefficient (Wildman–Crippen LogP) is 5.45. The molecule has 0 bridgehead atoms. The van der Waals surface area contributed by atoms with Crippen LogP contribution in [0.1, 0.15) is 17.3 Å². The molecule has 0 spiro atoms. The van der Waals surface area contributed by atoms with Gasteiger partial charge in [0.05, 0.1) is 0 Å². The molecular weight excluding hydrogens is 267 g/mol. The van der Waals surface area contributed by atoms with E-state index in [1.807, 2.05) is 55.5 Å². The maximum absolute atomic E-state index is 14.0. The molecule has 0 aliphatic heterocycles. The lowest BCUT2D eigenvalue weighted by Gasteiger charge is -2.08. The fraction of sp³-hybridized carbons (Fsp3) is 0.200. The molecule has 0 aliphatic carbocycles. The number of hydrogen-bond acceptors (Lipinski definition) is 1. The maximum Gasteiger partial charge on any atom is 0.134 e. The van der Waals surface area contributed by atoms with Crippen LogP contribution in [0.5, 0.6) is 0 Å². The van der Waals surface area contributed by atoms with E-state index in [0.29, 0.717) is 10.8 Å². The van der Waals surface area contributed by atoms with Crippen LogP contribution in [-0.2, 0) is 0 Å². The van der Waals surface area contributed by atoms with E-state index in [4.69, 9.17) is 11.6 Å². The van der Waals surface area contributed by atoms with Crippen LogP contribution in [-0.4, -0.2) is 5.75 Å². The van der Waals surface area contributed by atoms with Crippen molar-refractivity contribution in [1.29, 1.82) is 0 Å². The summed E-state index contributed by atoms with van der Waals surface area (Å²) in [4.78, 5) is 1.04. The highest BCUT2D eigenvalue weighted by Crippen LogP contribution is 2.28. The Morgan fingerprint density at radius 3 is 2.28 bits per heavy atom. The molecule has 2 rings (SSSR count). The number of thioether (sulfide) groups is 1. The van der Waals surface area contributed by atoms with Gasteiger partial charge in [-0.1, -0.05) is 41.4 Å². The number of benzene rings is 2. The molecule has 1 atom stereocenters. The molecule has 0 saturated heterocycles. The van der Waals surface area contributed by atoms with Crippen molar-refractivity contribution in [3.63, 3.8) is 0 Å². The summed E-state index contributed by atoms with van der Waals surface area (Å²) in [5.74, 6) is 0.421. The quantitative estimate of drug-likeness (QED) is 0.671. The van der Waals surface area contributed by atoms with Crippen LogP contribution in [0, 0.1) is 6.92 Å². The molecule has 0 N–H and O–H groups in total. The summed E-state index contributed by atoms with van der Waals surface area (Å²) in [5.41, 5.74) is 1.89. The lowest BCUT2D eigenvalue weighted by atomic mass is 10.1. The third-order valence-corrected chi connectivity index (χ3v) is 3.97. The van der Waals surface area contributed by atoms with Gasteiger partial charge in [0, 0.05) is 15.7 Å². The SMILES string of the molecule is Cc1ccc(C(F)CSc2ccc(Cl)cc2)cc1. The third-order valence-electron chi connectivity index (χ3n) is 2.65. The Kier molecular flexibility index (Phi) is 4.67. The average molecular weight is 281 g/mol. The Bertz CT molecular complexity index is 493. The van der Waals surface area contributed by atoms with E-state index < -0.39 is 6.17 Å². The molecule has 0 saturated carbocycles. The summed E-state index contributed by atoms with van der Waals surface area (Å²) >= 11 is 7.30. The molecule has 0 radical (unpaired) electrons. The molecule has 0 heterocycles. The predicted molar refractivity (Wildman–Crippen MR) is 77.2 cm³/mol. The number of hydrogen-bond donors (Lipinski definition) is 0. The Balaban J connectivity index is 1.93. The van der Waals surface area contributed by atoms with Crippen molar-refractivity contribution in [1.82, 2.24) is 0 Å². The first kappa shape index (κ1) is 13.4. The van der Waals surface area contributed by atoms with E-state index in [1.54, 1.807) is 0 Å². The van der Waals surface area contributed by atoms with E-state index >= 15 is 0 Å². The molecule has 0 fully saturated rings. The van der Waals surface area contributed by atoms with Crippen molar-refractivity contribution in [3.05, 3.63) is 64.7 Å². The molecule has 2 aromatic carbocycles. The van der Waals surface area contributed by atoms with Crippen LogP contribution in [0.4, 0.5) is 4.39 Å². The van der Waals surface area contributed by atoms with Crippen molar-refractivity contribution in [2.45, 2.75) is 18.0 Å². The highest BCUT2D eigenvalue weighted by atomic mass is 35.5.